The Hall–Kier alpha value is -2.22. The summed E-state index contributed by atoms with van der Waals surface area (Å²) in [5.41, 5.74) is 2.50. The number of hydrogen-bond donors (Lipinski definition) is 1. The molecule has 2 aromatic carbocycles. The second-order valence-electron chi connectivity index (χ2n) is 4.41. The highest BCUT2D eigenvalue weighted by molar-refractivity contribution is 5.30. The van der Waals surface area contributed by atoms with Crippen LogP contribution in [0.1, 0.15) is 11.1 Å². The molecule has 2 rings (SSSR count). The standard InChI is InChI=1S/C17H18O2/c1-2-13-19-17-11-7-15(8-12-17)4-3-14-5-9-16(18)10-6-14/h2,5-12,18H,1,3-4,13H2. The Labute approximate surface area is 114 Å². The number of benzene rings is 2. The number of phenols is 1. The Morgan fingerprint density at radius 1 is 0.895 bits per heavy atom. The third kappa shape index (κ3) is 4.18. The lowest BCUT2D eigenvalue weighted by Crippen LogP contribution is -1.94. The minimum atomic E-state index is 0.312. The maximum atomic E-state index is 9.22. The second kappa shape index (κ2) is 6.64. The van der Waals surface area contributed by atoms with Crippen LogP contribution in [0.4, 0.5) is 0 Å². The fourth-order valence-electron chi connectivity index (χ4n) is 1.86. The molecule has 2 heteroatoms. The van der Waals surface area contributed by atoms with E-state index in [0.717, 1.165) is 18.6 Å². The fraction of sp³-hybridized carbons (Fsp3) is 0.176. The number of rotatable bonds is 6. The molecule has 19 heavy (non-hydrogen) atoms. The van der Waals surface area contributed by atoms with Gasteiger partial charge in [-0.1, -0.05) is 36.9 Å². The van der Waals surface area contributed by atoms with Crippen LogP contribution in [0.5, 0.6) is 11.5 Å². The van der Waals surface area contributed by atoms with Crippen molar-refractivity contribution in [3.63, 3.8) is 0 Å². The van der Waals surface area contributed by atoms with E-state index in [0.29, 0.717) is 12.4 Å². The van der Waals surface area contributed by atoms with E-state index in [1.807, 2.05) is 24.3 Å². The first-order chi connectivity index (χ1) is 9.28. The normalized spacial score (nSPS) is 10.1. The van der Waals surface area contributed by atoms with Gasteiger partial charge in [0, 0.05) is 0 Å². The van der Waals surface area contributed by atoms with Crippen LogP contribution in [0, 0.1) is 0 Å². The molecule has 0 bridgehead atoms. The Bertz CT molecular complexity index is 512. The van der Waals surface area contributed by atoms with Gasteiger partial charge in [0.15, 0.2) is 0 Å². The van der Waals surface area contributed by atoms with Gasteiger partial charge in [0.1, 0.15) is 18.1 Å². The fourth-order valence-corrected chi connectivity index (χ4v) is 1.86. The van der Waals surface area contributed by atoms with E-state index in [2.05, 4.69) is 18.7 Å². The molecule has 0 amide bonds. The SMILES string of the molecule is C=CCOc1ccc(CCc2ccc(O)cc2)cc1. The van der Waals surface area contributed by atoms with Crippen LogP contribution in [0.25, 0.3) is 0 Å². The lowest BCUT2D eigenvalue weighted by atomic mass is 10.0. The first-order valence-electron chi connectivity index (χ1n) is 6.38. The van der Waals surface area contributed by atoms with E-state index >= 15 is 0 Å². The van der Waals surface area contributed by atoms with Gasteiger partial charge in [-0.2, -0.15) is 0 Å². The van der Waals surface area contributed by atoms with Crippen LogP contribution >= 0.6 is 0 Å². The first-order valence-corrected chi connectivity index (χ1v) is 6.38. The van der Waals surface area contributed by atoms with E-state index in [1.165, 1.54) is 11.1 Å². The molecule has 0 saturated heterocycles. The number of aromatic hydroxyl groups is 1. The predicted octanol–water partition coefficient (Wildman–Crippen LogP) is 3.74. The zero-order valence-corrected chi connectivity index (χ0v) is 10.9. The van der Waals surface area contributed by atoms with Gasteiger partial charge >= 0.3 is 0 Å². The van der Waals surface area contributed by atoms with Crippen LogP contribution < -0.4 is 4.74 Å². The van der Waals surface area contributed by atoms with Crippen molar-refractivity contribution in [1.82, 2.24) is 0 Å². The monoisotopic (exact) mass is 254 g/mol. The number of phenolic OH excluding ortho intramolecular Hbond substituents is 1. The third-order valence-electron chi connectivity index (χ3n) is 2.93. The van der Waals surface area contributed by atoms with Gasteiger partial charge in [-0.3, -0.25) is 0 Å². The number of aryl methyl sites for hydroxylation is 2. The van der Waals surface area contributed by atoms with Gasteiger partial charge in [-0.15, -0.1) is 0 Å². The predicted molar refractivity (Wildman–Crippen MR) is 77.6 cm³/mol. The van der Waals surface area contributed by atoms with Gasteiger partial charge in [-0.05, 0) is 48.2 Å². The summed E-state index contributed by atoms with van der Waals surface area (Å²) >= 11 is 0. The highest BCUT2D eigenvalue weighted by Gasteiger charge is 1.98. The van der Waals surface area contributed by atoms with Crippen LogP contribution in [0.2, 0.25) is 0 Å². The molecule has 0 radical (unpaired) electrons. The van der Waals surface area contributed by atoms with E-state index in [9.17, 15) is 5.11 Å². The molecule has 98 valence electrons. The average Bonchev–Trinajstić information content (AvgIpc) is 2.46. The van der Waals surface area contributed by atoms with Gasteiger partial charge in [-0.25, -0.2) is 0 Å². The topological polar surface area (TPSA) is 29.5 Å². The van der Waals surface area contributed by atoms with Gasteiger partial charge < -0.3 is 9.84 Å². The van der Waals surface area contributed by atoms with Crippen molar-refractivity contribution in [3.05, 3.63) is 72.3 Å². The summed E-state index contributed by atoms with van der Waals surface area (Å²) < 4.78 is 5.44. The maximum Gasteiger partial charge on any atom is 0.119 e. The summed E-state index contributed by atoms with van der Waals surface area (Å²) in [5.74, 6) is 1.18. The lowest BCUT2D eigenvalue weighted by Gasteiger charge is -2.05. The summed E-state index contributed by atoms with van der Waals surface area (Å²) in [4.78, 5) is 0. The summed E-state index contributed by atoms with van der Waals surface area (Å²) in [6.07, 6.45) is 3.68. The molecule has 0 aliphatic rings. The molecule has 0 spiro atoms. The first kappa shape index (κ1) is 13.2. The quantitative estimate of drug-likeness (QED) is 0.796. The summed E-state index contributed by atoms with van der Waals surface area (Å²) in [7, 11) is 0. The van der Waals surface area contributed by atoms with Crippen molar-refractivity contribution < 1.29 is 9.84 Å². The Morgan fingerprint density at radius 3 is 1.95 bits per heavy atom. The number of ether oxygens (including phenoxy) is 1. The number of hydrogen-bond acceptors (Lipinski definition) is 2. The average molecular weight is 254 g/mol. The molecule has 0 fully saturated rings. The highest BCUT2D eigenvalue weighted by Crippen LogP contribution is 2.15. The molecule has 0 aromatic heterocycles. The zero-order chi connectivity index (χ0) is 13.5. The molecule has 1 N–H and O–H groups in total. The van der Waals surface area contributed by atoms with E-state index in [1.54, 1.807) is 18.2 Å². The molecule has 0 aliphatic carbocycles. The Kier molecular flexibility index (Phi) is 4.62. The van der Waals surface area contributed by atoms with E-state index < -0.39 is 0 Å². The van der Waals surface area contributed by atoms with E-state index in [-0.39, 0.29) is 0 Å². The maximum absolute atomic E-state index is 9.22. The van der Waals surface area contributed by atoms with Crippen molar-refractivity contribution in [2.75, 3.05) is 6.61 Å². The van der Waals surface area contributed by atoms with Crippen LogP contribution in [0.15, 0.2) is 61.2 Å². The van der Waals surface area contributed by atoms with Gasteiger partial charge in [0.25, 0.3) is 0 Å². The smallest absolute Gasteiger partial charge is 0.119 e. The lowest BCUT2D eigenvalue weighted by molar-refractivity contribution is 0.363. The van der Waals surface area contributed by atoms with Crippen molar-refractivity contribution >= 4 is 0 Å². The molecule has 0 aliphatic heterocycles. The van der Waals surface area contributed by atoms with Gasteiger partial charge in [0.05, 0.1) is 0 Å². The Morgan fingerprint density at radius 2 is 1.42 bits per heavy atom. The highest BCUT2D eigenvalue weighted by atomic mass is 16.5. The van der Waals surface area contributed by atoms with Crippen LogP contribution in [-0.4, -0.2) is 11.7 Å². The summed E-state index contributed by atoms with van der Waals surface area (Å²) in [6, 6.07) is 15.5. The Balaban J connectivity index is 1.89. The van der Waals surface area contributed by atoms with Crippen molar-refractivity contribution in [1.29, 1.82) is 0 Å². The molecule has 0 heterocycles. The van der Waals surface area contributed by atoms with Crippen molar-refractivity contribution in [2.24, 2.45) is 0 Å². The molecule has 0 saturated carbocycles. The molecular weight excluding hydrogens is 236 g/mol. The molecule has 2 aromatic rings. The zero-order valence-electron chi connectivity index (χ0n) is 10.9. The largest absolute Gasteiger partial charge is 0.508 e. The molecule has 2 nitrogen and oxygen atoms in total. The van der Waals surface area contributed by atoms with Crippen molar-refractivity contribution in [3.8, 4) is 11.5 Å². The summed E-state index contributed by atoms with van der Waals surface area (Å²) in [5, 5.41) is 9.22. The van der Waals surface area contributed by atoms with Gasteiger partial charge in [0.2, 0.25) is 0 Å². The second-order valence-corrected chi connectivity index (χ2v) is 4.41. The molecule has 0 atom stereocenters. The minimum absolute atomic E-state index is 0.312. The van der Waals surface area contributed by atoms with Crippen molar-refractivity contribution in [2.45, 2.75) is 12.8 Å². The third-order valence-corrected chi connectivity index (χ3v) is 2.93. The van der Waals surface area contributed by atoms with Crippen LogP contribution in [-0.2, 0) is 12.8 Å². The van der Waals surface area contributed by atoms with E-state index in [4.69, 9.17) is 4.74 Å². The molecule has 0 unspecified atom stereocenters. The van der Waals surface area contributed by atoms with Crippen LogP contribution in [0.3, 0.4) is 0 Å². The summed E-state index contributed by atoms with van der Waals surface area (Å²) in [6.45, 7) is 4.15. The molecular formula is C17H18O2. The minimum Gasteiger partial charge on any atom is -0.508 e.